The van der Waals surface area contributed by atoms with E-state index in [9.17, 15) is 13.2 Å². The average molecular weight is 304 g/mol. The van der Waals surface area contributed by atoms with Crippen molar-refractivity contribution in [3.63, 3.8) is 0 Å². The summed E-state index contributed by atoms with van der Waals surface area (Å²) < 4.78 is 41.2. The van der Waals surface area contributed by atoms with Gasteiger partial charge in [-0.2, -0.15) is 18.3 Å². The molecule has 3 N–H and O–H groups in total. The summed E-state index contributed by atoms with van der Waals surface area (Å²) >= 11 is 0. The van der Waals surface area contributed by atoms with Gasteiger partial charge in [0.05, 0.1) is 12.1 Å². The minimum Gasteiger partial charge on any atom is -0.276 e. The Morgan fingerprint density at radius 3 is 2.71 bits per heavy atom. The number of nitrogens with one attached hydrogen (secondary N) is 1. The van der Waals surface area contributed by atoms with E-state index in [1.165, 1.54) is 0 Å². The first-order chi connectivity index (χ1) is 9.91. The highest BCUT2D eigenvalue weighted by Gasteiger charge is 2.47. The van der Waals surface area contributed by atoms with E-state index in [0.29, 0.717) is 25.7 Å². The van der Waals surface area contributed by atoms with Gasteiger partial charge in [-0.3, -0.25) is 16.0 Å². The van der Waals surface area contributed by atoms with Crippen molar-refractivity contribution in [3.8, 4) is 0 Å². The fraction of sp³-hybridized carbons (Fsp3) is 0.786. The number of nitrogens with two attached hydrogens (primary N) is 1. The molecule has 0 amide bonds. The monoisotopic (exact) mass is 304 g/mol. The summed E-state index contributed by atoms with van der Waals surface area (Å²) in [4.78, 5) is 0. The van der Waals surface area contributed by atoms with Crippen LogP contribution < -0.4 is 11.3 Å². The molecule has 1 aliphatic carbocycles. The van der Waals surface area contributed by atoms with Crippen molar-refractivity contribution in [1.29, 1.82) is 0 Å². The predicted molar refractivity (Wildman–Crippen MR) is 74.1 cm³/mol. The summed E-state index contributed by atoms with van der Waals surface area (Å²) in [5.74, 6) is 3.88. The van der Waals surface area contributed by atoms with Gasteiger partial charge in [0.1, 0.15) is 0 Å². The second kappa shape index (κ2) is 6.79. The first-order valence-corrected chi connectivity index (χ1v) is 7.42. The van der Waals surface area contributed by atoms with Crippen LogP contribution in [-0.2, 0) is 13.5 Å². The third-order valence-electron chi connectivity index (χ3n) is 4.47. The van der Waals surface area contributed by atoms with Gasteiger partial charge in [-0.15, -0.1) is 0 Å². The Balaban J connectivity index is 2.00. The number of hydrogen-bond donors (Lipinski definition) is 2. The van der Waals surface area contributed by atoms with Gasteiger partial charge in [0.25, 0.3) is 0 Å². The molecule has 7 heteroatoms. The molecule has 3 unspecified atom stereocenters. The van der Waals surface area contributed by atoms with Gasteiger partial charge in [0.15, 0.2) is 0 Å². The highest BCUT2D eigenvalue weighted by atomic mass is 19.4. The van der Waals surface area contributed by atoms with Crippen LogP contribution in [0.2, 0.25) is 0 Å². The van der Waals surface area contributed by atoms with Gasteiger partial charge >= 0.3 is 6.18 Å². The molecule has 21 heavy (non-hydrogen) atoms. The van der Waals surface area contributed by atoms with Crippen LogP contribution in [0, 0.1) is 11.8 Å². The van der Waals surface area contributed by atoms with Gasteiger partial charge in [-0.05, 0) is 37.2 Å². The van der Waals surface area contributed by atoms with Gasteiger partial charge < -0.3 is 0 Å². The SMILES string of the molecule is Cn1cc(CCC(NN)C2CCCCC2C(F)(F)F)cn1. The number of hydrogen-bond acceptors (Lipinski definition) is 3. The lowest BCUT2D eigenvalue weighted by molar-refractivity contribution is -0.199. The summed E-state index contributed by atoms with van der Waals surface area (Å²) in [7, 11) is 1.82. The average Bonchev–Trinajstić information content (AvgIpc) is 2.85. The zero-order valence-corrected chi connectivity index (χ0v) is 12.2. The molecule has 0 bridgehead atoms. The molecule has 0 aliphatic heterocycles. The van der Waals surface area contributed by atoms with Crippen molar-refractivity contribution in [3.05, 3.63) is 18.0 Å². The Morgan fingerprint density at radius 1 is 1.43 bits per heavy atom. The molecule has 1 saturated carbocycles. The molecule has 1 fully saturated rings. The Morgan fingerprint density at radius 2 is 2.14 bits per heavy atom. The Hall–Kier alpha value is -1.08. The number of hydrazine groups is 1. The molecule has 0 saturated heterocycles. The van der Waals surface area contributed by atoms with Crippen molar-refractivity contribution in [1.82, 2.24) is 15.2 Å². The van der Waals surface area contributed by atoms with E-state index in [2.05, 4.69) is 10.5 Å². The van der Waals surface area contributed by atoms with E-state index in [4.69, 9.17) is 5.84 Å². The van der Waals surface area contributed by atoms with Crippen LogP contribution in [0.15, 0.2) is 12.4 Å². The lowest BCUT2D eigenvalue weighted by atomic mass is 9.73. The highest BCUT2D eigenvalue weighted by Crippen LogP contribution is 2.43. The molecular formula is C14H23F3N4. The van der Waals surface area contributed by atoms with Crippen LogP contribution in [0.1, 0.15) is 37.7 Å². The molecule has 0 spiro atoms. The lowest BCUT2D eigenvalue weighted by Gasteiger charge is -2.37. The third kappa shape index (κ3) is 4.20. The maximum absolute atomic E-state index is 13.2. The summed E-state index contributed by atoms with van der Waals surface area (Å²) in [6.07, 6.45) is 3.09. The molecule has 1 heterocycles. The summed E-state index contributed by atoms with van der Waals surface area (Å²) in [6.45, 7) is 0. The number of alkyl halides is 3. The van der Waals surface area contributed by atoms with E-state index in [1.54, 1.807) is 10.9 Å². The van der Waals surface area contributed by atoms with Crippen LogP contribution in [0.4, 0.5) is 13.2 Å². The van der Waals surface area contributed by atoms with Crippen LogP contribution in [0.3, 0.4) is 0 Å². The molecule has 2 rings (SSSR count). The van der Waals surface area contributed by atoms with Crippen LogP contribution >= 0.6 is 0 Å². The molecule has 1 aromatic rings. The van der Waals surface area contributed by atoms with Gasteiger partial charge in [-0.1, -0.05) is 12.8 Å². The lowest BCUT2D eigenvalue weighted by Crippen LogP contribution is -2.48. The molecule has 0 radical (unpaired) electrons. The number of nitrogens with zero attached hydrogens (tertiary/aromatic N) is 2. The molecule has 1 aliphatic rings. The first-order valence-electron chi connectivity index (χ1n) is 7.42. The topological polar surface area (TPSA) is 55.9 Å². The normalized spacial score (nSPS) is 25.0. The second-order valence-electron chi connectivity index (χ2n) is 5.93. The Bertz CT molecular complexity index is 444. The van der Waals surface area contributed by atoms with Crippen molar-refractivity contribution >= 4 is 0 Å². The van der Waals surface area contributed by atoms with E-state index in [0.717, 1.165) is 12.0 Å². The second-order valence-corrected chi connectivity index (χ2v) is 5.93. The van der Waals surface area contributed by atoms with E-state index < -0.39 is 18.0 Å². The molecule has 3 atom stereocenters. The summed E-state index contributed by atoms with van der Waals surface area (Å²) in [6, 6.07) is -0.308. The van der Waals surface area contributed by atoms with Crippen LogP contribution in [0.25, 0.3) is 0 Å². The minimum atomic E-state index is -4.13. The number of rotatable bonds is 5. The summed E-state index contributed by atoms with van der Waals surface area (Å²) in [5.41, 5.74) is 3.65. The van der Waals surface area contributed by atoms with Gasteiger partial charge in [0, 0.05) is 19.3 Å². The highest BCUT2D eigenvalue weighted by molar-refractivity contribution is 5.04. The third-order valence-corrected chi connectivity index (χ3v) is 4.47. The summed E-state index contributed by atoms with van der Waals surface area (Å²) in [5, 5.41) is 4.07. The molecule has 4 nitrogen and oxygen atoms in total. The number of halogens is 3. The largest absolute Gasteiger partial charge is 0.392 e. The molecule has 120 valence electrons. The zero-order valence-electron chi connectivity index (χ0n) is 12.2. The maximum atomic E-state index is 13.2. The van der Waals surface area contributed by atoms with E-state index in [1.807, 2.05) is 13.2 Å². The van der Waals surface area contributed by atoms with E-state index >= 15 is 0 Å². The minimum absolute atomic E-state index is 0.221. The Kier molecular flexibility index (Phi) is 5.27. The standard InChI is InChI=1S/C14H23F3N4/c1-21-9-10(8-19-21)6-7-13(20-18)11-4-2-3-5-12(11)14(15,16)17/h8-9,11-13,20H,2-7,18H2,1H3. The van der Waals surface area contributed by atoms with Crippen LogP contribution in [-0.4, -0.2) is 22.0 Å². The van der Waals surface area contributed by atoms with Gasteiger partial charge in [-0.25, -0.2) is 0 Å². The predicted octanol–water partition coefficient (Wildman–Crippen LogP) is 2.55. The van der Waals surface area contributed by atoms with Crippen molar-refractivity contribution in [2.75, 3.05) is 0 Å². The fourth-order valence-electron chi connectivity index (χ4n) is 3.39. The number of aromatic nitrogens is 2. The van der Waals surface area contributed by atoms with Crippen molar-refractivity contribution in [2.24, 2.45) is 24.7 Å². The quantitative estimate of drug-likeness (QED) is 0.649. The fourth-order valence-corrected chi connectivity index (χ4v) is 3.39. The molecular weight excluding hydrogens is 281 g/mol. The zero-order chi connectivity index (χ0) is 15.5. The first kappa shape index (κ1) is 16.3. The smallest absolute Gasteiger partial charge is 0.276 e. The van der Waals surface area contributed by atoms with Crippen molar-refractivity contribution in [2.45, 2.75) is 50.7 Å². The van der Waals surface area contributed by atoms with Gasteiger partial charge in [0.2, 0.25) is 0 Å². The number of aryl methyl sites for hydroxylation is 2. The maximum Gasteiger partial charge on any atom is 0.392 e. The van der Waals surface area contributed by atoms with Crippen LogP contribution in [0.5, 0.6) is 0 Å². The van der Waals surface area contributed by atoms with E-state index in [-0.39, 0.29) is 12.5 Å². The van der Waals surface area contributed by atoms with Crippen molar-refractivity contribution < 1.29 is 13.2 Å². The Labute approximate surface area is 122 Å². The molecule has 0 aromatic carbocycles. The molecule has 1 aromatic heterocycles.